The van der Waals surface area contributed by atoms with Gasteiger partial charge in [-0.15, -0.1) is 7.92 Å². The van der Waals surface area contributed by atoms with Crippen molar-refractivity contribution in [3.8, 4) is 0 Å². The fraction of sp³-hybridized carbons (Fsp3) is 1.00. The molecule has 0 aliphatic rings. The third-order valence-electron chi connectivity index (χ3n) is 0. The molecular formula is C5H14AuP. The Kier molecular flexibility index (Phi) is 16.1. The zero-order chi connectivity index (χ0) is 6.28. The summed E-state index contributed by atoms with van der Waals surface area (Å²) < 4.78 is 1.19. The quantitative estimate of drug-likeness (QED) is 0.476. The van der Waals surface area contributed by atoms with Crippen molar-refractivity contribution in [3.63, 3.8) is 0 Å². The maximum absolute atomic E-state index is 2.43. The van der Waals surface area contributed by atoms with Gasteiger partial charge in [0.15, 0.2) is 0 Å². The second-order valence-electron chi connectivity index (χ2n) is 1.55. The molecule has 0 unspecified atom stereocenters. The molecule has 50 valence electrons. The average molecular weight is 302 g/mol. The zero-order valence-corrected chi connectivity index (χ0v) is 8.52. The molecule has 0 heterocycles. The number of rotatable bonds is 0. The first-order chi connectivity index (χ1) is 3.15. The normalized spacial score (nSPS) is 7.86. The van der Waals surface area contributed by atoms with Crippen LogP contribution >= 0.6 is 7.92 Å². The maximum atomic E-state index is 2.43. The molecule has 0 saturated heterocycles. The van der Waals surface area contributed by atoms with Crippen molar-refractivity contribution in [1.82, 2.24) is 0 Å². The van der Waals surface area contributed by atoms with E-state index in [0.29, 0.717) is 7.92 Å². The van der Waals surface area contributed by atoms with Crippen molar-refractivity contribution >= 4 is 7.92 Å². The molecule has 0 amide bonds. The first-order valence-electron chi connectivity index (χ1n) is 2.26. The van der Waals surface area contributed by atoms with Gasteiger partial charge in [-0.05, 0) is 20.0 Å². The summed E-state index contributed by atoms with van der Waals surface area (Å²) in [5.74, 6) is 0. The second kappa shape index (κ2) is 10.2. The Morgan fingerprint density at radius 2 is 1.29 bits per heavy atom. The van der Waals surface area contributed by atoms with Gasteiger partial charge >= 0.3 is 32.6 Å². The monoisotopic (exact) mass is 302 g/mol. The van der Waals surface area contributed by atoms with Gasteiger partial charge in [-0.3, -0.25) is 0 Å². The standard InChI is InChI=1S/C3H9P.C2H5.Au/c1-4(2)3;1-2;/h1-3H3;1H2,2H3;. The van der Waals surface area contributed by atoms with E-state index in [1.807, 2.05) is 0 Å². The van der Waals surface area contributed by atoms with Crippen molar-refractivity contribution in [2.75, 3.05) is 20.0 Å². The summed E-state index contributed by atoms with van der Waals surface area (Å²) in [5.41, 5.74) is 0. The summed E-state index contributed by atoms with van der Waals surface area (Å²) in [6.07, 6.45) is 0. The van der Waals surface area contributed by atoms with E-state index < -0.39 is 0 Å². The molecule has 0 spiro atoms. The van der Waals surface area contributed by atoms with E-state index in [4.69, 9.17) is 0 Å². The van der Waals surface area contributed by atoms with Crippen molar-refractivity contribution < 1.29 is 21.1 Å². The van der Waals surface area contributed by atoms with Crippen LogP contribution in [0.4, 0.5) is 0 Å². The predicted molar refractivity (Wildman–Crippen MR) is 35.2 cm³/mol. The Hall–Kier alpha value is 1.17. The van der Waals surface area contributed by atoms with E-state index in [1.54, 1.807) is 0 Å². The van der Waals surface area contributed by atoms with Gasteiger partial charge in [0.05, 0.1) is 0 Å². The van der Waals surface area contributed by atoms with E-state index in [2.05, 4.69) is 48.0 Å². The fourth-order valence-corrected chi connectivity index (χ4v) is 0. The molecule has 0 nitrogen and oxygen atoms in total. The summed E-state index contributed by atoms with van der Waals surface area (Å²) in [5, 5.41) is 0. The van der Waals surface area contributed by atoms with Gasteiger partial charge in [0.1, 0.15) is 0 Å². The summed E-state index contributed by atoms with van der Waals surface area (Å²) in [6, 6.07) is 0. The minimum absolute atomic E-state index is 0.380. The van der Waals surface area contributed by atoms with Gasteiger partial charge in [-0.25, -0.2) is 0 Å². The van der Waals surface area contributed by atoms with E-state index in [9.17, 15) is 0 Å². The molecule has 0 aliphatic carbocycles. The van der Waals surface area contributed by atoms with Gasteiger partial charge in [-0.2, -0.15) is 0 Å². The molecule has 0 atom stereocenters. The van der Waals surface area contributed by atoms with Gasteiger partial charge in [0.2, 0.25) is 0 Å². The van der Waals surface area contributed by atoms with Gasteiger partial charge in [-0.1, -0.05) is 0 Å². The van der Waals surface area contributed by atoms with Crippen molar-refractivity contribution in [1.29, 1.82) is 0 Å². The summed E-state index contributed by atoms with van der Waals surface area (Å²) in [6.45, 7) is 8.79. The molecule has 0 aliphatic heterocycles. The molecule has 0 rings (SSSR count). The van der Waals surface area contributed by atoms with Crippen LogP contribution in [0.15, 0.2) is 0 Å². The molecule has 7 heavy (non-hydrogen) atoms. The van der Waals surface area contributed by atoms with Crippen LogP contribution in [0.1, 0.15) is 6.92 Å². The Balaban J connectivity index is 0. The molecular weight excluding hydrogens is 288 g/mol. The molecule has 0 fully saturated rings. The number of hydrogen-bond acceptors (Lipinski definition) is 0. The summed E-state index contributed by atoms with van der Waals surface area (Å²) in [7, 11) is 0.380. The summed E-state index contributed by atoms with van der Waals surface area (Å²) in [4.78, 5) is 0. The van der Waals surface area contributed by atoms with Gasteiger partial charge < -0.3 is 0 Å². The minimum atomic E-state index is 0.380. The van der Waals surface area contributed by atoms with Crippen LogP contribution in [-0.4, -0.2) is 20.0 Å². The topological polar surface area (TPSA) is 0 Å². The first kappa shape index (κ1) is 11.0. The second-order valence-corrected chi connectivity index (χ2v) is 5.77. The molecule has 0 N–H and O–H groups in total. The summed E-state index contributed by atoms with van der Waals surface area (Å²) >= 11 is 2.43. The van der Waals surface area contributed by atoms with Crippen LogP contribution in [0.25, 0.3) is 0 Å². The average Bonchev–Trinajstić information content (AvgIpc) is 1.33. The predicted octanol–water partition coefficient (Wildman–Crippen LogP) is 2.33. The first-order valence-corrected chi connectivity index (χ1v) is 6.48. The van der Waals surface area contributed by atoms with Crippen LogP contribution < -0.4 is 0 Å². The third kappa shape index (κ3) is 140. The van der Waals surface area contributed by atoms with Crippen LogP contribution in [0.5, 0.6) is 0 Å². The molecule has 0 aromatic heterocycles. The molecule has 0 aromatic rings. The van der Waals surface area contributed by atoms with E-state index in [-0.39, 0.29) is 0 Å². The van der Waals surface area contributed by atoms with Crippen molar-refractivity contribution in [3.05, 3.63) is 0 Å². The Labute approximate surface area is 60.7 Å². The van der Waals surface area contributed by atoms with Crippen LogP contribution in [0.2, 0.25) is 4.64 Å². The Morgan fingerprint density at radius 1 is 1.29 bits per heavy atom. The molecule has 0 saturated carbocycles. The fourth-order valence-electron chi connectivity index (χ4n) is 0. The Morgan fingerprint density at radius 3 is 1.29 bits per heavy atom. The third-order valence-corrected chi connectivity index (χ3v) is 0. The Bertz CT molecular complexity index is 19.3. The van der Waals surface area contributed by atoms with Crippen LogP contribution in [0, 0.1) is 0 Å². The SMILES string of the molecule is CP(C)C.C[CH2][Au]. The van der Waals surface area contributed by atoms with E-state index in [1.165, 1.54) is 4.64 Å². The zero-order valence-electron chi connectivity index (χ0n) is 5.46. The van der Waals surface area contributed by atoms with E-state index in [0.717, 1.165) is 0 Å². The van der Waals surface area contributed by atoms with Gasteiger partial charge in [0.25, 0.3) is 0 Å². The van der Waals surface area contributed by atoms with Gasteiger partial charge in [0, 0.05) is 0 Å². The molecule has 0 bridgehead atoms. The molecule has 0 radical (unpaired) electrons. The molecule has 2 heteroatoms. The number of hydrogen-bond donors (Lipinski definition) is 0. The van der Waals surface area contributed by atoms with E-state index >= 15 is 0 Å². The van der Waals surface area contributed by atoms with Crippen molar-refractivity contribution in [2.45, 2.75) is 11.6 Å². The van der Waals surface area contributed by atoms with Crippen molar-refractivity contribution in [2.24, 2.45) is 0 Å². The van der Waals surface area contributed by atoms with Crippen LogP contribution in [0.3, 0.4) is 0 Å². The van der Waals surface area contributed by atoms with Crippen LogP contribution in [-0.2, 0) is 21.1 Å². The molecule has 0 aromatic carbocycles.